The van der Waals surface area contributed by atoms with Gasteiger partial charge < -0.3 is 10.2 Å². The quantitative estimate of drug-likeness (QED) is 0.261. The maximum Gasteiger partial charge on any atom is 0.202 e. The summed E-state index contributed by atoms with van der Waals surface area (Å²) < 4.78 is 0. The molecule has 0 heterocycles. The second-order valence-electron chi connectivity index (χ2n) is 4.27. The lowest BCUT2D eigenvalue weighted by Crippen LogP contribution is -2.46. The van der Waals surface area contributed by atoms with Crippen LogP contribution in [0.1, 0.15) is 13.8 Å². The van der Waals surface area contributed by atoms with E-state index < -0.39 is 0 Å². The predicted octanol–water partition coefficient (Wildman–Crippen LogP) is 0.718. The Bertz CT molecular complexity index is 172. The minimum absolute atomic E-state index is 0. The normalized spacial score (nSPS) is 10.0. The smallest absolute Gasteiger partial charge is 0.202 e. The summed E-state index contributed by atoms with van der Waals surface area (Å²) in [6, 6.07) is 0. The molecule has 0 aromatic heterocycles. The molecule has 0 atom stereocenters. The summed E-state index contributed by atoms with van der Waals surface area (Å²) in [6.45, 7) is 5.99. The van der Waals surface area contributed by atoms with Crippen molar-refractivity contribution in [1.29, 1.82) is 5.41 Å². The Morgan fingerprint density at radius 2 is 1.80 bits per heavy atom. The number of hydrogen-bond donors (Lipinski definition) is 4. The maximum atomic E-state index is 7.24. The van der Waals surface area contributed by atoms with Crippen LogP contribution in [0.15, 0.2) is 0 Å². The average Bonchev–Trinajstić information content (AvgIpc) is 1.98. The molecule has 0 spiro atoms. The molecular formula is C8H23Br2N5. The molecule has 0 bridgehead atoms. The summed E-state index contributed by atoms with van der Waals surface area (Å²) in [5, 5.41) is 10.1. The molecule has 0 fully saturated rings. The predicted molar refractivity (Wildman–Crippen MR) is 76.0 cm³/mol. The van der Waals surface area contributed by atoms with Gasteiger partial charge in [-0.3, -0.25) is 10.8 Å². The number of rotatable bonds is 4. The summed E-state index contributed by atoms with van der Waals surface area (Å²) in [6.07, 6.45) is 0. The van der Waals surface area contributed by atoms with Gasteiger partial charge in [0, 0.05) is 13.1 Å². The number of guanidine groups is 1. The van der Waals surface area contributed by atoms with E-state index >= 15 is 0 Å². The molecular weight excluding hydrogens is 326 g/mol. The van der Waals surface area contributed by atoms with Gasteiger partial charge in [-0.2, -0.15) is 0 Å². The molecule has 0 aliphatic heterocycles. The summed E-state index contributed by atoms with van der Waals surface area (Å²) in [5.74, 6) is 5.21. The fourth-order valence-electron chi connectivity index (χ4n) is 1.29. The molecule has 0 aromatic rings. The van der Waals surface area contributed by atoms with Crippen LogP contribution in [0, 0.1) is 10.8 Å². The number of halogens is 2. The first kappa shape index (κ1) is 20.5. The van der Waals surface area contributed by atoms with Crippen molar-refractivity contribution in [2.45, 2.75) is 13.8 Å². The molecule has 0 saturated heterocycles. The number of hydrogen-bond acceptors (Lipinski definition) is 3. The third-order valence-electron chi connectivity index (χ3n) is 1.63. The number of nitrogens with one attached hydrogen (secondary N) is 3. The molecule has 0 unspecified atom stereocenters. The highest BCUT2D eigenvalue weighted by atomic mass is 79.9. The topological polar surface area (TPSA) is 77.2 Å². The van der Waals surface area contributed by atoms with E-state index in [0.717, 1.165) is 13.1 Å². The Kier molecular flexibility index (Phi) is 12.9. The summed E-state index contributed by atoms with van der Waals surface area (Å²) in [5.41, 5.74) is 2.38. The van der Waals surface area contributed by atoms with Gasteiger partial charge in [-0.25, -0.2) is 5.84 Å². The fraction of sp³-hybridized carbons (Fsp3) is 0.875. The number of hydrazine groups is 1. The first-order chi connectivity index (χ1) is 5.87. The van der Waals surface area contributed by atoms with Crippen molar-refractivity contribution in [2.24, 2.45) is 11.3 Å². The third-order valence-corrected chi connectivity index (χ3v) is 1.63. The molecule has 94 valence electrons. The monoisotopic (exact) mass is 347 g/mol. The molecule has 7 heteroatoms. The molecule has 0 radical (unpaired) electrons. The first-order valence-corrected chi connectivity index (χ1v) is 4.31. The fourth-order valence-corrected chi connectivity index (χ4v) is 1.29. The van der Waals surface area contributed by atoms with Crippen molar-refractivity contribution in [3.05, 3.63) is 0 Å². The molecule has 0 aliphatic carbocycles. The molecule has 0 rings (SSSR count). The van der Waals surface area contributed by atoms with E-state index in [9.17, 15) is 0 Å². The second-order valence-corrected chi connectivity index (χ2v) is 4.27. The van der Waals surface area contributed by atoms with Crippen molar-refractivity contribution >= 4 is 39.9 Å². The third kappa shape index (κ3) is 12.1. The lowest BCUT2D eigenvalue weighted by molar-refractivity contribution is 0.241. The number of nitrogens with zero attached hydrogens (tertiary/aromatic N) is 1. The van der Waals surface area contributed by atoms with E-state index in [2.05, 4.69) is 29.5 Å². The minimum atomic E-state index is 0. The molecule has 5 nitrogen and oxygen atoms in total. The van der Waals surface area contributed by atoms with E-state index in [1.165, 1.54) is 0 Å². The first-order valence-electron chi connectivity index (χ1n) is 4.31. The summed E-state index contributed by atoms with van der Waals surface area (Å²) >= 11 is 0. The molecule has 5 N–H and O–H groups in total. The van der Waals surface area contributed by atoms with Gasteiger partial charge in [-0.05, 0) is 19.5 Å². The van der Waals surface area contributed by atoms with Crippen LogP contribution in [0.4, 0.5) is 0 Å². The highest BCUT2D eigenvalue weighted by molar-refractivity contribution is 8.93. The Morgan fingerprint density at radius 1 is 1.33 bits per heavy atom. The van der Waals surface area contributed by atoms with Crippen molar-refractivity contribution in [2.75, 3.05) is 27.2 Å². The standard InChI is InChI=1S/C8H21N5.2BrH/c1-8(2,6-13(3)4)5-11-7(9)12-10;;/h5-6,10H2,1-4H3,(H3,9,11,12);2*1H. The van der Waals surface area contributed by atoms with E-state index in [1.807, 2.05) is 14.1 Å². The SMILES string of the molecule is Br.Br.CN(C)CC(C)(C)CNC(=N)NN. The lowest BCUT2D eigenvalue weighted by Gasteiger charge is -2.28. The largest absolute Gasteiger partial charge is 0.355 e. The van der Waals surface area contributed by atoms with E-state index in [4.69, 9.17) is 11.3 Å². The van der Waals surface area contributed by atoms with Gasteiger partial charge in [0.05, 0.1) is 0 Å². The molecule has 0 amide bonds. The van der Waals surface area contributed by atoms with Gasteiger partial charge in [-0.15, -0.1) is 34.0 Å². The van der Waals surface area contributed by atoms with Crippen LogP contribution >= 0.6 is 34.0 Å². The van der Waals surface area contributed by atoms with Gasteiger partial charge >= 0.3 is 0 Å². The average molecular weight is 349 g/mol. The minimum Gasteiger partial charge on any atom is -0.355 e. The van der Waals surface area contributed by atoms with Gasteiger partial charge in [0.2, 0.25) is 5.96 Å². The van der Waals surface area contributed by atoms with Crippen LogP contribution in [0.2, 0.25) is 0 Å². The van der Waals surface area contributed by atoms with Crippen LogP contribution in [-0.2, 0) is 0 Å². The Hall–Kier alpha value is 0.150. The molecule has 0 aliphatic rings. The number of nitrogens with two attached hydrogens (primary N) is 1. The van der Waals surface area contributed by atoms with E-state index in [1.54, 1.807) is 0 Å². The van der Waals surface area contributed by atoms with Gasteiger partial charge in [-0.1, -0.05) is 13.8 Å². The van der Waals surface area contributed by atoms with Gasteiger partial charge in [0.1, 0.15) is 0 Å². The van der Waals surface area contributed by atoms with Crippen LogP contribution in [-0.4, -0.2) is 38.0 Å². The van der Waals surface area contributed by atoms with E-state index in [-0.39, 0.29) is 45.3 Å². The van der Waals surface area contributed by atoms with Crippen molar-refractivity contribution in [3.8, 4) is 0 Å². The summed E-state index contributed by atoms with van der Waals surface area (Å²) in [7, 11) is 4.07. The second kappa shape index (κ2) is 9.38. The molecule has 0 saturated carbocycles. The highest BCUT2D eigenvalue weighted by Crippen LogP contribution is 2.13. The Balaban J connectivity index is -0.000000720. The van der Waals surface area contributed by atoms with Crippen LogP contribution < -0.4 is 16.6 Å². The van der Waals surface area contributed by atoms with Crippen molar-refractivity contribution in [1.82, 2.24) is 15.6 Å². The molecule has 0 aromatic carbocycles. The Labute approximate surface area is 113 Å². The molecule has 15 heavy (non-hydrogen) atoms. The van der Waals surface area contributed by atoms with Crippen LogP contribution in [0.25, 0.3) is 0 Å². The van der Waals surface area contributed by atoms with Gasteiger partial charge in [0.25, 0.3) is 0 Å². The lowest BCUT2D eigenvalue weighted by atomic mass is 9.93. The zero-order valence-corrected chi connectivity index (χ0v) is 13.2. The van der Waals surface area contributed by atoms with Gasteiger partial charge in [0.15, 0.2) is 0 Å². The van der Waals surface area contributed by atoms with Crippen molar-refractivity contribution < 1.29 is 0 Å². The van der Waals surface area contributed by atoms with Crippen LogP contribution in [0.5, 0.6) is 0 Å². The summed E-state index contributed by atoms with van der Waals surface area (Å²) in [4.78, 5) is 2.13. The van der Waals surface area contributed by atoms with E-state index in [0.29, 0.717) is 0 Å². The van der Waals surface area contributed by atoms with Crippen LogP contribution in [0.3, 0.4) is 0 Å². The van der Waals surface area contributed by atoms with Crippen molar-refractivity contribution in [3.63, 3.8) is 0 Å². The zero-order chi connectivity index (χ0) is 10.5. The Morgan fingerprint density at radius 3 is 2.13 bits per heavy atom. The zero-order valence-electron chi connectivity index (χ0n) is 9.76. The maximum absolute atomic E-state index is 7.24. The highest BCUT2D eigenvalue weighted by Gasteiger charge is 2.18.